The van der Waals surface area contributed by atoms with Gasteiger partial charge in [0, 0.05) is 0 Å². The highest BCUT2D eigenvalue weighted by molar-refractivity contribution is 5.90. The van der Waals surface area contributed by atoms with Crippen molar-refractivity contribution < 1.29 is 23.1 Å². The molecule has 3 rings (SSSR count). The van der Waals surface area contributed by atoms with Crippen LogP contribution in [-0.4, -0.2) is 11.1 Å². The maximum absolute atomic E-state index is 13.3. The highest BCUT2D eigenvalue weighted by Gasteiger charge is 2.44. The highest BCUT2D eigenvalue weighted by Crippen LogP contribution is 2.39. The van der Waals surface area contributed by atoms with Crippen molar-refractivity contribution in [3.8, 4) is 0 Å². The molecule has 0 heterocycles. The second-order valence-electron chi connectivity index (χ2n) is 5.58. The first-order valence-corrected chi connectivity index (χ1v) is 7.46. The Hall–Kier alpha value is -3.08. The summed E-state index contributed by atoms with van der Waals surface area (Å²) < 4.78 is 40.0. The summed E-state index contributed by atoms with van der Waals surface area (Å²) in [5.74, 6) is -2.78. The molecule has 1 N–H and O–H groups in total. The smallest absolute Gasteiger partial charge is 0.323 e. The molecule has 0 bridgehead atoms. The van der Waals surface area contributed by atoms with Gasteiger partial charge in [0.15, 0.2) is 0 Å². The molecule has 0 atom stereocenters. The Bertz CT molecular complexity index is 775. The van der Waals surface area contributed by atoms with Crippen molar-refractivity contribution in [2.24, 2.45) is 0 Å². The molecule has 0 spiro atoms. The molecule has 2 nitrogen and oxygen atoms in total. The molecule has 0 radical (unpaired) electrons. The maximum atomic E-state index is 13.3. The summed E-state index contributed by atoms with van der Waals surface area (Å²) in [7, 11) is 0. The number of carboxylic acids is 1. The monoisotopic (exact) mass is 342 g/mol. The van der Waals surface area contributed by atoms with E-state index in [-0.39, 0.29) is 16.7 Å². The minimum atomic E-state index is -1.73. The maximum Gasteiger partial charge on any atom is 0.323 e. The van der Waals surface area contributed by atoms with Crippen molar-refractivity contribution >= 4 is 5.97 Å². The number of halogens is 3. The lowest BCUT2D eigenvalue weighted by Crippen LogP contribution is -2.38. The fraction of sp³-hybridized carbons (Fsp3) is 0.0500. The Kier molecular flexibility index (Phi) is 4.31. The molecule has 0 fully saturated rings. The van der Waals surface area contributed by atoms with Crippen molar-refractivity contribution in [2.75, 3.05) is 0 Å². The molecule has 0 saturated carbocycles. The van der Waals surface area contributed by atoms with Crippen molar-refractivity contribution in [1.82, 2.24) is 0 Å². The van der Waals surface area contributed by atoms with Crippen molar-refractivity contribution in [2.45, 2.75) is 5.41 Å². The average molecular weight is 342 g/mol. The van der Waals surface area contributed by atoms with Crippen LogP contribution < -0.4 is 0 Å². The van der Waals surface area contributed by atoms with Crippen LogP contribution in [0.25, 0.3) is 0 Å². The fourth-order valence-corrected chi connectivity index (χ4v) is 2.97. The summed E-state index contributed by atoms with van der Waals surface area (Å²) in [4.78, 5) is 12.4. The molecule has 25 heavy (non-hydrogen) atoms. The summed E-state index contributed by atoms with van der Waals surface area (Å²) >= 11 is 0. The summed E-state index contributed by atoms with van der Waals surface area (Å²) in [6.45, 7) is 0. The predicted molar refractivity (Wildman–Crippen MR) is 86.7 cm³/mol. The van der Waals surface area contributed by atoms with Gasteiger partial charge in [-0.3, -0.25) is 4.79 Å². The molecular weight excluding hydrogens is 329 g/mol. The first kappa shape index (κ1) is 16.8. The number of rotatable bonds is 4. The SMILES string of the molecule is O=C(O)C(c1ccc(F)cc1)(c1ccc(F)cc1)c1ccc(F)cc1. The molecular formula is C20H13F3O2. The summed E-state index contributed by atoms with van der Waals surface area (Å²) in [6.07, 6.45) is 0. The zero-order chi connectivity index (χ0) is 18.0. The summed E-state index contributed by atoms with van der Waals surface area (Å²) in [5, 5.41) is 10.1. The van der Waals surface area contributed by atoms with Gasteiger partial charge in [0.05, 0.1) is 0 Å². The second-order valence-corrected chi connectivity index (χ2v) is 5.58. The van der Waals surface area contributed by atoms with Gasteiger partial charge < -0.3 is 5.11 Å². The Morgan fingerprint density at radius 3 is 1.04 bits per heavy atom. The third-order valence-electron chi connectivity index (χ3n) is 4.15. The van der Waals surface area contributed by atoms with E-state index in [4.69, 9.17) is 0 Å². The molecule has 0 aliphatic rings. The quantitative estimate of drug-likeness (QED) is 0.708. The van der Waals surface area contributed by atoms with Gasteiger partial charge in [0.2, 0.25) is 0 Å². The van der Waals surface area contributed by atoms with Crippen LogP contribution in [-0.2, 0) is 10.2 Å². The van der Waals surface area contributed by atoms with Crippen molar-refractivity contribution in [3.63, 3.8) is 0 Å². The van der Waals surface area contributed by atoms with E-state index < -0.39 is 28.8 Å². The van der Waals surface area contributed by atoms with Gasteiger partial charge in [-0.05, 0) is 53.1 Å². The van der Waals surface area contributed by atoms with Crippen LogP contribution in [0.2, 0.25) is 0 Å². The lowest BCUT2D eigenvalue weighted by atomic mass is 9.69. The standard InChI is InChI=1S/C20H13F3O2/c21-16-7-1-13(2-8-16)20(19(24)25,14-3-9-17(22)10-4-14)15-5-11-18(23)12-6-15/h1-12H,(H,24,25). The van der Waals surface area contributed by atoms with Crippen molar-refractivity contribution in [3.05, 3.63) is 107 Å². The van der Waals surface area contributed by atoms with Crippen LogP contribution in [0.15, 0.2) is 72.8 Å². The van der Waals surface area contributed by atoms with E-state index in [2.05, 4.69) is 0 Å². The van der Waals surface area contributed by atoms with Crippen molar-refractivity contribution in [1.29, 1.82) is 0 Å². The van der Waals surface area contributed by atoms with Gasteiger partial charge >= 0.3 is 5.97 Å². The lowest BCUT2D eigenvalue weighted by Gasteiger charge is -2.31. The number of carbonyl (C=O) groups is 1. The molecule has 3 aromatic rings. The molecule has 0 amide bonds. The Morgan fingerprint density at radius 1 is 0.600 bits per heavy atom. The van der Waals surface area contributed by atoms with E-state index in [1.165, 1.54) is 36.4 Å². The molecule has 126 valence electrons. The van der Waals surface area contributed by atoms with E-state index in [1.807, 2.05) is 0 Å². The number of hydrogen-bond donors (Lipinski definition) is 1. The van der Waals surface area contributed by atoms with Crippen LogP contribution in [0, 0.1) is 17.5 Å². The molecule has 3 aromatic carbocycles. The number of aliphatic carboxylic acids is 1. The van der Waals surface area contributed by atoms with Gasteiger partial charge in [0.25, 0.3) is 0 Å². The van der Waals surface area contributed by atoms with E-state index in [9.17, 15) is 23.1 Å². The van der Waals surface area contributed by atoms with Crippen LogP contribution in [0.1, 0.15) is 16.7 Å². The van der Waals surface area contributed by atoms with Gasteiger partial charge in [-0.25, -0.2) is 13.2 Å². The first-order chi connectivity index (χ1) is 11.9. The molecule has 0 aromatic heterocycles. The second kappa shape index (κ2) is 6.43. The first-order valence-electron chi connectivity index (χ1n) is 7.46. The number of hydrogen-bond acceptors (Lipinski definition) is 1. The average Bonchev–Trinajstić information content (AvgIpc) is 2.60. The van der Waals surface area contributed by atoms with Gasteiger partial charge in [0.1, 0.15) is 22.9 Å². The Labute approximate surface area is 142 Å². The lowest BCUT2D eigenvalue weighted by molar-refractivity contribution is -0.140. The van der Waals surface area contributed by atoms with Crippen LogP contribution in [0.3, 0.4) is 0 Å². The zero-order valence-electron chi connectivity index (χ0n) is 12.9. The van der Waals surface area contributed by atoms with Gasteiger partial charge in [-0.15, -0.1) is 0 Å². The summed E-state index contributed by atoms with van der Waals surface area (Å²) in [6, 6.07) is 15.1. The molecule has 0 saturated heterocycles. The van der Waals surface area contributed by atoms with E-state index in [0.717, 1.165) is 36.4 Å². The molecule has 5 heteroatoms. The van der Waals surface area contributed by atoms with Gasteiger partial charge in [-0.2, -0.15) is 0 Å². The third-order valence-corrected chi connectivity index (χ3v) is 4.15. The molecule has 0 aliphatic carbocycles. The van der Waals surface area contributed by atoms with E-state index >= 15 is 0 Å². The van der Waals surface area contributed by atoms with Crippen LogP contribution in [0.5, 0.6) is 0 Å². The third kappa shape index (κ3) is 2.89. The Morgan fingerprint density at radius 2 is 0.840 bits per heavy atom. The summed E-state index contributed by atoms with van der Waals surface area (Å²) in [5.41, 5.74) is -0.895. The largest absolute Gasteiger partial charge is 0.480 e. The fourth-order valence-electron chi connectivity index (χ4n) is 2.97. The molecule has 0 aliphatic heterocycles. The molecule has 0 unspecified atom stereocenters. The predicted octanol–water partition coefficient (Wildman–Crippen LogP) is 4.52. The zero-order valence-corrected chi connectivity index (χ0v) is 12.9. The Balaban J connectivity index is 2.35. The van der Waals surface area contributed by atoms with Crippen LogP contribution >= 0.6 is 0 Å². The normalized spacial score (nSPS) is 11.3. The van der Waals surface area contributed by atoms with Gasteiger partial charge in [-0.1, -0.05) is 36.4 Å². The highest BCUT2D eigenvalue weighted by atomic mass is 19.1. The van der Waals surface area contributed by atoms with E-state index in [0.29, 0.717) is 0 Å². The minimum Gasteiger partial charge on any atom is -0.480 e. The number of benzene rings is 3. The van der Waals surface area contributed by atoms with Crippen LogP contribution in [0.4, 0.5) is 13.2 Å². The topological polar surface area (TPSA) is 37.3 Å². The van der Waals surface area contributed by atoms with E-state index in [1.54, 1.807) is 0 Å². The number of carboxylic acid groups (broad SMARTS) is 1. The minimum absolute atomic E-state index is 0.277.